The van der Waals surface area contributed by atoms with Crippen LogP contribution in [0.15, 0.2) is 6.20 Å². The predicted molar refractivity (Wildman–Crippen MR) is 64.9 cm³/mol. The van der Waals surface area contributed by atoms with Crippen molar-refractivity contribution in [3.63, 3.8) is 0 Å². The van der Waals surface area contributed by atoms with Gasteiger partial charge in [-0.2, -0.15) is 0 Å². The molecule has 0 amide bonds. The van der Waals surface area contributed by atoms with Gasteiger partial charge in [-0.1, -0.05) is 22.7 Å². The molecule has 0 spiro atoms. The lowest BCUT2D eigenvalue weighted by Gasteiger charge is -2.04. The molecule has 0 atom stereocenters. The van der Waals surface area contributed by atoms with E-state index in [4.69, 9.17) is 0 Å². The maximum atomic E-state index is 4.29. The van der Waals surface area contributed by atoms with Gasteiger partial charge in [0.25, 0.3) is 0 Å². The lowest BCUT2D eigenvalue weighted by molar-refractivity contribution is 1.09. The van der Waals surface area contributed by atoms with E-state index in [1.54, 1.807) is 11.3 Å². The molecule has 0 fully saturated rings. The van der Waals surface area contributed by atoms with Gasteiger partial charge in [-0.25, -0.2) is 4.98 Å². The topological polar surface area (TPSA) is 53.9 Å². The Balaban J connectivity index is 2.28. The molecule has 0 unspecified atom stereocenters. The van der Waals surface area contributed by atoms with Crippen LogP contribution in [0.2, 0.25) is 0 Å². The molecule has 2 aromatic heterocycles. The zero-order valence-corrected chi connectivity index (χ0v) is 10.3. The van der Waals surface area contributed by atoms with Crippen molar-refractivity contribution in [1.29, 1.82) is 0 Å². The van der Waals surface area contributed by atoms with Gasteiger partial charge in [0.2, 0.25) is 5.13 Å². The fraction of sp³-hybridized carbons (Fsp3) is 0.375. The molecule has 0 radical (unpaired) electrons. The van der Waals surface area contributed by atoms with Crippen molar-refractivity contribution in [2.75, 3.05) is 31.4 Å². The smallest absolute Gasteiger partial charge is 0.205 e. The second-order valence-electron chi connectivity index (χ2n) is 3.06. The van der Waals surface area contributed by atoms with Crippen molar-refractivity contribution >= 4 is 32.9 Å². The van der Waals surface area contributed by atoms with Crippen LogP contribution in [-0.4, -0.2) is 36.3 Å². The van der Waals surface area contributed by atoms with E-state index in [0.29, 0.717) is 0 Å². The van der Waals surface area contributed by atoms with E-state index >= 15 is 0 Å². The summed E-state index contributed by atoms with van der Waals surface area (Å²) in [6.07, 6.45) is 1.83. The van der Waals surface area contributed by atoms with E-state index in [0.717, 1.165) is 20.1 Å². The molecule has 0 saturated carbocycles. The number of thiazole rings is 1. The number of nitrogens with zero attached hydrogens (tertiary/aromatic N) is 4. The number of anilines is 2. The maximum absolute atomic E-state index is 4.29. The first-order valence-electron chi connectivity index (χ1n) is 4.35. The first-order chi connectivity index (χ1) is 7.20. The highest BCUT2D eigenvalue weighted by atomic mass is 32.1. The monoisotopic (exact) mass is 241 g/mol. The van der Waals surface area contributed by atoms with Gasteiger partial charge in [-0.3, -0.25) is 0 Å². The van der Waals surface area contributed by atoms with Crippen molar-refractivity contribution in [1.82, 2.24) is 15.2 Å². The SMILES string of the molecule is CNc1nnc(-c2cnc(N(C)C)s2)s1. The van der Waals surface area contributed by atoms with Crippen LogP contribution >= 0.6 is 22.7 Å². The summed E-state index contributed by atoms with van der Waals surface area (Å²) in [5, 5.41) is 13.8. The molecule has 0 aliphatic heterocycles. The summed E-state index contributed by atoms with van der Waals surface area (Å²) < 4.78 is 0. The van der Waals surface area contributed by atoms with Crippen molar-refractivity contribution in [2.24, 2.45) is 0 Å². The molecule has 0 aliphatic rings. The summed E-state index contributed by atoms with van der Waals surface area (Å²) >= 11 is 3.14. The largest absolute Gasteiger partial charge is 0.363 e. The number of nitrogens with one attached hydrogen (secondary N) is 1. The van der Waals surface area contributed by atoms with Gasteiger partial charge in [0.05, 0.1) is 11.1 Å². The van der Waals surface area contributed by atoms with E-state index in [9.17, 15) is 0 Å². The number of aromatic nitrogens is 3. The Labute approximate surface area is 95.8 Å². The number of rotatable bonds is 3. The summed E-state index contributed by atoms with van der Waals surface area (Å²) in [6.45, 7) is 0. The van der Waals surface area contributed by atoms with Crippen LogP contribution in [-0.2, 0) is 0 Å². The Kier molecular flexibility index (Phi) is 2.83. The summed E-state index contributed by atoms with van der Waals surface area (Å²) in [7, 11) is 5.78. The summed E-state index contributed by atoms with van der Waals surface area (Å²) in [5.74, 6) is 0. The standard InChI is InChI=1S/C8H11N5S2/c1-9-7-12-11-6(15-7)5-4-10-8(14-5)13(2)3/h4H,1-3H3,(H,9,12). The van der Waals surface area contributed by atoms with Gasteiger partial charge in [-0.05, 0) is 0 Å². The first-order valence-corrected chi connectivity index (χ1v) is 5.99. The van der Waals surface area contributed by atoms with Gasteiger partial charge in [0.1, 0.15) is 0 Å². The number of hydrogen-bond donors (Lipinski definition) is 1. The normalized spacial score (nSPS) is 10.3. The quantitative estimate of drug-likeness (QED) is 0.887. The molecule has 15 heavy (non-hydrogen) atoms. The average Bonchev–Trinajstić information content (AvgIpc) is 2.86. The third-order valence-corrected chi connectivity index (χ3v) is 4.00. The molecule has 7 heteroatoms. The molecule has 5 nitrogen and oxygen atoms in total. The van der Waals surface area contributed by atoms with E-state index in [-0.39, 0.29) is 0 Å². The Morgan fingerprint density at radius 3 is 2.60 bits per heavy atom. The lowest BCUT2D eigenvalue weighted by atomic mass is 10.6. The molecule has 0 saturated heterocycles. The Morgan fingerprint density at radius 2 is 2.07 bits per heavy atom. The molecular formula is C8H11N5S2. The first kappa shape index (κ1) is 10.3. The minimum atomic E-state index is 0.824. The van der Waals surface area contributed by atoms with Gasteiger partial charge >= 0.3 is 0 Å². The summed E-state index contributed by atoms with van der Waals surface area (Å²) in [5.41, 5.74) is 0. The molecule has 0 bridgehead atoms. The molecule has 2 rings (SSSR count). The Bertz CT molecular complexity index is 447. The highest BCUT2D eigenvalue weighted by molar-refractivity contribution is 7.25. The summed E-state index contributed by atoms with van der Waals surface area (Å²) in [6, 6.07) is 0. The number of hydrogen-bond acceptors (Lipinski definition) is 7. The van der Waals surface area contributed by atoms with Crippen LogP contribution in [0, 0.1) is 0 Å². The molecule has 80 valence electrons. The van der Waals surface area contributed by atoms with Crippen LogP contribution in [0.3, 0.4) is 0 Å². The van der Waals surface area contributed by atoms with Gasteiger partial charge in [-0.15, -0.1) is 10.2 Å². The van der Waals surface area contributed by atoms with E-state index in [1.807, 2.05) is 32.2 Å². The molecule has 2 aromatic rings. The van der Waals surface area contributed by atoms with Crippen LogP contribution < -0.4 is 10.2 Å². The zero-order valence-electron chi connectivity index (χ0n) is 8.68. The zero-order chi connectivity index (χ0) is 10.8. The molecule has 0 aliphatic carbocycles. The predicted octanol–water partition coefficient (Wildman–Crippen LogP) is 1.77. The van der Waals surface area contributed by atoms with Crippen LogP contribution in [0.1, 0.15) is 0 Å². The van der Waals surface area contributed by atoms with Crippen molar-refractivity contribution < 1.29 is 0 Å². The molecule has 0 aromatic carbocycles. The maximum Gasteiger partial charge on any atom is 0.205 e. The van der Waals surface area contributed by atoms with E-state index in [2.05, 4.69) is 20.5 Å². The van der Waals surface area contributed by atoms with Crippen LogP contribution in [0.5, 0.6) is 0 Å². The highest BCUT2D eigenvalue weighted by Crippen LogP contribution is 2.33. The minimum Gasteiger partial charge on any atom is -0.363 e. The Morgan fingerprint density at radius 1 is 1.27 bits per heavy atom. The summed E-state index contributed by atoms with van der Waals surface area (Å²) in [4.78, 5) is 7.32. The fourth-order valence-corrected chi connectivity index (χ4v) is 2.56. The van der Waals surface area contributed by atoms with Gasteiger partial charge in [0, 0.05) is 21.1 Å². The second-order valence-corrected chi connectivity index (χ2v) is 5.05. The lowest BCUT2D eigenvalue weighted by Crippen LogP contribution is -2.07. The van der Waals surface area contributed by atoms with Crippen molar-refractivity contribution in [3.05, 3.63) is 6.20 Å². The average molecular weight is 241 g/mol. The van der Waals surface area contributed by atoms with Crippen LogP contribution in [0.25, 0.3) is 9.88 Å². The third kappa shape index (κ3) is 2.07. The molecular weight excluding hydrogens is 230 g/mol. The van der Waals surface area contributed by atoms with Gasteiger partial charge < -0.3 is 10.2 Å². The third-order valence-electron chi connectivity index (χ3n) is 1.73. The second kappa shape index (κ2) is 4.11. The van der Waals surface area contributed by atoms with Crippen molar-refractivity contribution in [2.45, 2.75) is 0 Å². The molecule has 2 heterocycles. The minimum absolute atomic E-state index is 0.824. The van der Waals surface area contributed by atoms with E-state index in [1.165, 1.54) is 11.3 Å². The fourth-order valence-electron chi connectivity index (χ4n) is 0.994. The van der Waals surface area contributed by atoms with Crippen molar-refractivity contribution in [3.8, 4) is 9.88 Å². The molecule has 1 N–H and O–H groups in total. The van der Waals surface area contributed by atoms with E-state index < -0.39 is 0 Å². The Hall–Kier alpha value is -1.21. The highest BCUT2D eigenvalue weighted by Gasteiger charge is 2.10. The van der Waals surface area contributed by atoms with Crippen LogP contribution in [0.4, 0.5) is 10.3 Å². The van der Waals surface area contributed by atoms with Gasteiger partial charge in [0.15, 0.2) is 10.1 Å².